The molecule has 0 aliphatic carbocycles. The molecule has 2 aromatic rings. The lowest BCUT2D eigenvalue weighted by Gasteiger charge is -2.36. The van der Waals surface area contributed by atoms with Crippen LogP contribution in [0.4, 0.5) is 5.69 Å². The largest absolute Gasteiger partial charge is 0.492 e. The monoisotopic (exact) mass is 432 g/mol. The van der Waals surface area contributed by atoms with Crippen molar-refractivity contribution >= 4 is 34.8 Å². The van der Waals surface area contributed by atoms with Crippen molar-refractivity contribution in [2.24, 2.45) is 0 Å². The fourth-order valence-corrected chi connectivity index (χ4v) is 4.09. The number of halogens is 2. The zero-order chi connectivity index (χ0) is 20.9. The number of nitriles is 1. The van der Waals surface area contributed by atoms with Gasteiger partial charge in [-0.15, -0.1) is 0 Å². The summed E-state index contributed by atoms with van der Waals surface area (Å²) in [5, 5.41) is 13.4. The van der Waals surface area contributed by atoms with E-state index >= 15 is 0 Å². The van der Waals surface area contributed by atoms with E-state index in [9.17, 15) is 10.1 Å². The van der Waals surface area contributed by atoms with Crippen LogP contribution in [0, 0.1) is 11.3 Å². The molecule has 0 radical (unpaired) electrons. The van der Waals surface area contributed by atoms with Gasteiger partial charge in [-0.05, 0) is 55.2 Å². The Bertz CT molecular complexity index is 934. The SMILES string of the molecule is CCCOc1ccc(NC(=O)C2(c3ccc(Cl)cc3Cl)CCOCC2)cc1C#N. The second kappa shape index (κ2) is 9.49. The lowest BCUT2D eigenvalue weighted by atomic mass is 9.73. The summed E-state index contributed by atoms with van der Waals surface area (Å²) >= 11 is 12.5. The van der Waals surface area contributed by atoms with Gasteiger partial charge < -0.3 is 14.8 Å². The number of rotatable bonds is 6. The van der Waals surface area contributed by atoms with Crippen molar-refractivity contribution in [2.75, 3.05) is 25.1 Å². The molecule has 1 aliphatic heterocycles. The van der Waals surface area contributed by atoms with Crippen LogP contribution in [0.3, 0.4) is 0 Å². The number of hydrogen-bond acceptors (Lipinski definition) is 4. The summed E-state index contributed by atoms with van der Waals surface area (Å²) in [6, 6.07) is 12.4. The van der Waals surface area contributed by atoms with Crippen molar-refractivity contribution in [1.82, 2.24) is 0 Å². The van der Waals surface area contributed by atoms with E-state index in [1.54, 1.807) is 36.4 Å². The van der Waals surface area contributed by atoms with E-state index in [0.29, 0.717) is 59.7 Å². The Kier molecular flexibility index (Phi) is 7.02. The van der Waals surface area contributed by atoms with Crippen molar-refractivity contribution in [3.05, 3.63) is 57.6 Å². The number of nitrogens with zero attached hydrogens (tertiary/aromatic N) is 1. The van der Waals surface area contributed by atoms with Crippen molar-refractivity contribution in [1.29, 1.82) is 5.26 Å². The summed E-state index contributed by atoms with van der Waals surface area (Å²) in [5.41, 5.74) is 0.810. The molecule has 0 atom stereocenters. The quantitative estimate of drug-likeness (QED) is 0.668. The van der Waals surface area contributed by atoms with Crippen molar-refractivity contribution in [3.8, 4) is 11.8 Å². The van der Waals surface area contributed by atoms with Gasteiger partial charge in [0.25, 0.3) is 0 Å². The summed E-state index contributed by atoms with van der Waals surface area (Å²) in [5.74, 6) is 0.324. The molecule has 0 bridgehead atoms. The highest BCUT2D eigenvalue weighted by Gasteiger charge is 2.43. The first kappa shape index (κ1) is 21.4. The standard InChI is InChI=1S/C22H22Cl2N2O3/c1-2-9-29-20-6-4-17(12-15(20)14-25)26-21(27)22(7-10-28-11-8-22)18-5-3-16(23)13-19(18)24/h3-6,12-13H,2,7-11H2,1H3,(H,26,27). The van der Waals surface area contributed by atoms with Crippen LogP contribution >= 0.6 is 23.2 Å². The van der Waals surface area contributed by atoms with E-state index in [4.69, 9.17) is 32.7 Å². The number of anilines is 1. The molecule has 1 saturated heterocycles. The van der Waals surface area contributed by atoms with Crippen LogP contribution in [0.15, 0.2) is 36.4 Å². The molecule has 0 unspecified atom stereocenters. The molecule has 0 saturated carbocycles. The summed E-state index contributed by atoms with van der Waals surface area (Å²) in [7, 11) is 0. The highest BCUT2D eigenvalue weighted by Crippen LogP contribution is 2.40. The molecule has 3 rings (SSSR count). The number of amides is 1. The number of ether oxygens (including phenoxy) is 2. The molecule has 0 spiro atoms. The lowest BCUT2D eigenvalue weighted by Crippen LogP contribution is -2.45. The number of hydrogen-bond donors (Lipinski definition) is 1. The minimum atomic E-state index is -0.829. The number of carbonyl (C=O) groups is 1. The minimum Gasteiger partial charge on any atom is -0.492 e. The van der Waals surface area contributed by atoms with Crippen LogP contribution in [0.25, 0.3) is 0 Å². The topological polar surface area (TPSA) is 71.3 Å². The zero-order valence-electron chi connectivity index (χ0n) is 16.1. The van der Waals surface area contributed by atoms with E-state index in [1.165, 1.54) is 0 Å². The molecular weight excluding hydrogens is 411 g/mol. The predicted octanol–water partition coefficient (Wildman–Crippen LogP) is 5.34. The molecule has 1 amide bonds. The van der Waals surface area contributed by atoms with Gasteiger partial charge in [-0.25, -0.2) is 0 Å². The van der Waals surface area contributed by atoms with Crippen LogP contribution < -0.4 is 10.1 Å². The second-order valence-corrected chi connectivity index (χ2v) is 7.79. The van der Waals surface area contributed by atoms with Gasteiger partial charge in [-0.1, -0.05) is 36.2 Å². The Balaban J connectivity index is 1.91. The number of nitrogens with one attached hydrogen (secondary N) is 1. The Labute approximate surface area is 180 Å². The zero-order valence-corrected chi connectivity index (χ0v) is 17.6. The van der Waals surface area contributed by atoms with E-state index < -0.39 is 5.41 Å². The van der Waals surface area contributed by atoms with Gasteiger partial charge >= 0.3 is 0 Å². The van der Waals surface area contributed by atoms with E-state index in [0.717, 1.165) is 12.0 Å². The molecule has 0 aromatic heterocycles. The maximum absolute atomic E-state index is 13.4. The predicted molar refractivity (Wildman–Crippen MR) is 114 cm³/mol. The molecule has 1 N–H and O–H groups in total. The maximum Gasteiger partial charge on any atom is 0.235 e. The molecule has 7 heteroatoms. The van der Waals surface area contributed by atoms with Gasteiger partial charge in [0.2, 0.25) is 5.91 Å². The summed E-state index contributed by atoms with van der Waals surface area (Å²) < 4.78 is 11.1. The Morgan fingerprint density at radius 2 is 2.00 bits per heavy atom. The second-order valence-electron chi connectivity index (χ2n) is 6.94. The lowest BCUT2D eigenvalue weighted by molar-refractivity contribution is -0.125. The number of benzene rings is 2. The van der Waals surface area contributed by atoms with Gasteiger partial charge in [0.15, 0.2) is 0 Å². The third-order valence-corrected chi connectivity index (χ3v) is 5.60. The highest BCUT2D eigenvalue weighted by molar-refractivity contribution is 6.35. The van der Waals surface area contributed by atoms with Gasteiger partial charge in [0.05, 0.1) is 17.6 Å². The van der Waals surface area contributed by atoms with Gasteiger partial charge in [0, 0.05) is 28.9 Å². The molecule has 1 aliphatic rings. The van der Waals surface area contributed by atoms with E-state index in [-0.39, 0.29) is 5.91 Å². The molecule has 5 nitrogen and oxygen atoms in total. The summed E-state index contributed by atoms with van der Waals surface area (Å²) in [6.07, 6.45) is 1.85. The Morgan fingerprint density at radius 3 is 2.66 bits per heavy atom. The minimum absolute atomic E-state index is 0.184. The van der Waals surface area contributed by atoms with Gasteiger partial charge in [-0.2, -0.15) is 5.26 Å². The third kappa shape index (κ3) is 4.67. The fraction of sp³-hybridized carbons (Fsp3) is 0.364. The van der Waals surface area contributed by atoms with Crippen LogP contribution in [0.2, 0.25) is 10.0 Å². The third-order valence-electron chi connectivity index (χ3n) is 5.05. The Morgan fingerprint density at radius 1 is 1.24 bits per heavy atom. The molecular formula is C22H22Cl2N2O3. The average Bonchev–Trinajstić information content (AvgIpc) is 2.73. The smallest absolute Gasteiger partial charge is 0.235 e. The first-order valence-corrected chi connectivity index (χ1v) is 10.3. The molecule has 1 fully saturated rings. The van der Waals surface area contributed by atoms with Crippen molar-refractivity contribution < 1.29 is 14.3 Å². The normalized spacial score (nSPS) is 15.4. The number of carbonyl (C=O) groups excluding carboxylic acids is 1. The summed E-state index contributed by atoms with van der Waals surface area (Å²) in [6.45, 7) is 3.44. The van der Waals surface area contributed by atoms with Crippen LogP contribution in [0.1, 0.15) is 37.3 Å². The van der Waals surface area contributed by atoms with Crippen LogP contribution in [-0.4, -0.2) is 25.7 Å². The van der Waals surface area contributed by atoms with Crippen molar-refractivity contribution in [3.63, 3.8) is 0 Å². The first-order chi connectivity index (χ1) is 14.0. The Hall–Kier alpha value is -2.26. The van der Waals surface area contributed by atoms with E-state index in [2.05, 4.69) is 11.4 Å². The van der Waals surface area contributed by atoms with Crippen molar-refractivity contribution in [2.45, 2.75) is 31.6 Å². The maximum atomic E-state index is 13.4. The van der Waals surface area contributed by atoms with Gasteiger partial charge in [0.1, 0.15) is 11.8 Å². The van der Waals surface area contributed by atoms with E-state index in [1.807, 2.05) is 6.92 Å². The highest BCUT2D eigenvalue weighted by atomic mass is 35.5. The van der Waals surface area contributed by atoms with Crippen LogP contribution in [-0.2, 0) is 14.9 Å². The van der Waals surface area contributed by atoms with Gasteiger partial charge in [-0.3, -0.25) is 4.79 Å². The molecule has 152 valence electrons. The summed E-state index contributed by atoms with van der Waals surface area (Å²) in [4.78, 5) is 13.4. The first-order valence-electron chi connectivity index (χ1n) is 9.52. The molecule has 1 heterocycles. The molecule has 29 heavy (non-hydrogen) atoms. The molecule has 2 aromatic carbocycles. The van der Waals surface area contributed by atoms with Crippen LogP contribution in [0.5, 0.6) is 5.75 Å². The average molecular weight is 433 g/mol. The fourth-order valence-electron chi connectivity index (χ4n) is 3.50.